The van der Waals surface area contributed by atoms with Crippen molar-refractivity contribution in [2.24, 2.45) is 5.92 Å². The highest BCUT2D eigenvalue weighted by molar-refractivity contribution is 7.98. The third-order valence-electron chi connectivity index (χ3n) is 6.47. The lowest BCUT2D eigenvalue weighted by atomic mass is 9.83. The van der Waals surface area contributed by atoms with Crippen LogP contribution in [0.25, 0.3) is 0 Å². The summed E-state index contributed by atoms with van der Waals surface area (Å²) >= 11 is 1.85. The highest BCUT2D eigenvalue weighted by Crippen LogP contribution is 2.36. The van der Waals surface area contributed by atoms with Crippen molar-refractivity contribution in [2.75, 3.05) is 38.7 Å². The van der Waals surface area contributed by atoms with Crippen LogP contribution in [0, 0.1) is 19.8 Å². The number of aryl methyl sites for hydroxylation is 2. The lowest BCUT2D eigenvalue weighted by molar-refractivity contribution is -0.123. The molecule has 0 amide bonds. The van der Waals surface area contributed by atoms with Crippen LogP contribution < -0.4 is 5.56 Å². The van der Waals surface area contributed by atoms with Crippen LogP contribution in [0.15, 0.2) is 27.4 Å². The van der Waals surface area contributed by atoms with Crippen LogP contribution in [0.5, 0.6) is 0 Å². The van der Waals surface area contributed by atoms with Crippen LogP contribution >= 0.6 is 11.8 Å². The quantitative estimate of drug-likeness (QED) is 0.546. The minimum Gasteiger partial charge on any atom is -0.483 e. The fraction of sp³-hybridized carbons (Fsp3) is 0.560. The molecule has 0 radical (unpaired) electrons. The molecule has 2 aromatic rings. The average Bonchev–Trinajstić information content (AvgIpc) is 3.12. The second-order valence-corrected chi connectivity index (χ2v) is 10.1. The molecule has 194 valence electrons. The number of likely N-dealkylation sites (tertiary alicyclic amines) is 1. The fourth-order valence-corrected chi connectivity index (χ4v) is 5.40. The predicted molar refractivity (Wildman–Crippen MR) is 137 cm³/mol. The lowest BCUT2D eigenvalue weighted by Gasteiger charge is -2.42. The Bertz CT molecular complexity index is 996. The van der Waals surface area contributed by atoms with E-state index in [4.69, 9.17) is 24.2 Å². The topological polar surface area (TPSA) is 116 Å². The van der Waals surface area contributed by atoms with E-state index < -0.39 is 0 Å². The Kier molecular flexibility index (Phi) is 11.6. The van der Waals surface area contributed by atoms with E-state index >= 15 is 0 Å². The number of hydrogen-bond donors (Lipinski definition) is 2. The summed E-state index contributed by atoms with van der Waals surface area (Å²) in [6.07, 6.45) is 3.32. The standard InChI is InChI=1S/C23H33N3O2S.2CH2O2/c1-16-9-21(28-17(16)2)15-25-11-18-10-20(14-25)22-6-5-19(23(27)26(22)12-18)13-24(3)7-8-29-4;2*2-1-3/h5-6,9,18,20H,7-8,10-15H2,1-4H3;2*1H,(H,2,3)/t18-,20+;;/m0../s1. The minimum absolute atomic E-state index is 0.221. The number of furan rings is 1. The zero-order valence-electron chi connectivity index (χ0n) is 21.0. The molecule has 0 aromatic carbocycles. The Labute approximate surface area is 210 Å². The van der Waals surface area contributed by atoms with Crippen LogP contribution in [0.4, 0.5) is 0 Å². The molecule has 2 aliphatic heterocycles. The first-order chi connectivity index (χ1) is 16.8. The summed E-state index contributed by atoms with van der Waals surface area (Å²) in [7, 11) is 2.10. The highest BCUT2D eigenvalue weighted by Gasteiger charge is 2.35. The first kappa shape index (κ1) is 28.7. The molecule has 2 atom stereocenters. The molecule has 9 nitrogen and oxygen atoms in total. The molecular formula is C25H37N3O6S. The molecule has 10 heteroatoms. The van der Waals surface area contributed by atoms with E-state index in [1.54, 1.807) is 0 Å². The minimum atomic E-state index is -0.250. The van der Waals surface area contributed by atoms with Gasteiger partial charge in [-0.3, -0.25) is 19.3 Å². The summed E-state index contributed by atoms with van der Waals surface area (Å²) in [5.74, 6) is 4.15. The van der Waals surface area contributed by atoms with Gasteiger partial charge in [0, 0.05) is 55.7 Å². The normalized spacial score (nSPS) is 18.5. The van der Waals surface area contributed by atoms with Crippen molar-refractivity contribution in [1.82, 2.24) is 14.4 Å². The van der Waals surface area contributed by atoms with E-state index in [2.05, 4.69) is 52.8 Å². The Hall–Kier alpha value is -2.56. The van der Waals surface area contributed by atoms with Gasteiger partial charge in [0.25, 0.3) is 18.5 Å². The van der Waals surface area contributed by atoms with E-state index in [9.17, 15) is 4.79 Å². The van der Waals surface area contributed by atoms with Crippen molar-refractivity contribution in [3.05, 3.63) is 56.9 Å². The number of aromatic nitrogens is 1. The van der Waals surface area contributed by atoms with Gasteiger partial charge >= 0.3 is 0 Å². The average molecular weight is 508 g/mol. The molecule has 1 fully saturated rings. The molecule has 0 spiro atoms. The molecule has 4 heterocycles. The Balaban J connectivity index is 0.000000655. The fourth-order valence-electron chi connectivity index (χ4n) is 4.90. The van der Waals surface area contributed by atoms with E-state index in [0.29, 0.717) is 11.8 Å². The summed E-state index contributed by atoms with van der Waals surface area (Å²) in [5.41, 5.74) is 3.59. The first-order valence-corrected chi connectivity index (χ1v) is 13.0. The molecule has 2 aliphatic rings. The maximum Gasteiger partial charge on any atom is 0.290 e. The number of hydrogen-bond acceptors (Lipinski definition) is 7. The van der Waals surface area contributed by atoms with Crippen LogP contribution in [0.1, 0.15) is 40.7 Å². The van der Waals surface area contributed by atoms with E-state index in [1.165, 1.54) is 17.7 Å². The van der Waals surface area contributed by atoms with Gasteiger partial charge < -0.3 is 24.1 Å². The Morgan fingerprint density at radius 1 is 1.17 bits per heavy atom. The molecule has 0 unspecified atom stereocenters. The van der Waals surface area contributed by atoms with Crippen molar-refractivity contribution in [3.63, 3.8) is 0 Å². The Morgan fingerprint density at radius 3 is 2.46 bits per heavy atom. The van der Waals surface area contributed by atoms with Crippen molar-refractivity contribution in [3.8, 4) is 0 Å². The number of pyridine rings is 1. The number of thioether (sulfide) groups is 1. The molecule has 4 rings (SSSR count). The lowest BCUT2D eigenvalue weighted by Crippen LogP contribution is -2.47. The molecule has 2 bridgehead atoms. The third kappa shape index (κ3) is 7.98. The first-order valence-electron chi connectivity index (χ1n) is 11.6. The monoisotopic (exact) mass is 507 g/mol. The molecule has 1 saturated heterocycles. The maximum absolute atomic E-state index is 13.2. The van der Waals surface area contributed by atoms with E-state index in [-0.39, 0.29) is 18.5 Å². The zero-order chi connectivity index (χ0) is 26.0. The van der Waals surface area contributed by atoms with Gasteiger partial charge in [0.2, 0.25) is 0 Å². The van der Waals surface area contributed by atoms with Crippen LogP contribution in [0.2, 0.25) is 0 Å². The molecule has 2 aromatic heterocycles. The number of piperidine rings is 1. The van der Waals surface area contributed by atoms with Crippen LogP contribution in [-0.2, 0) is 29.2 Å². The van der Waals surface area contributed by atoms with Gasteiger partial charge in [-0.05, 0) is 57.2 Å². The number of carbonyl (C=O) groups is 2. The van der Waals surface area contributed by atoms with Gasteiger partial charge in [-0.25, -0.2) is 0 Å². The molecule has 0 saturated carbocycles. The number of carboxylic acid groups (broad SMARTS) is 2. The van der Waals surface area contributed by atoms with Crippen molar-refractivity contribution in [2.45, 2.75) is 45.8 Å². The van der Waals surface area contributed by atoms with E-state index in [1.807, 2.05) is 18.7 Å². The van der Waals surface area contributed by atoms with E-state index in [0.717, 1.165) is 62.1 Å². The van der Waals surface area contributed by atoms with Crippen LogP contribution in [0.3, 0.4) is 0 Å². The smallest absolute Gasteiger partial charge is 0.290 e. The molecule has 35 heavy (non-hydrogen) atoms. The summed E-state index contributed by atoms with van der Waals surface area (Å²) in [5, 5.41) is 13.8. The highest BCUT2D eigenvalue weighted by atomic mass is 32.2. The number of fused-ring (bicyclic) bond motifs is 4. The third-order valence-corrected chi connectivity index (χ3v) is 7.06. The largest absolute Gasteiger partial charge is 0.483 e. The summed E-state index contributed by atoms with van der Waals surface area (Å²) < 4.78 is 7.98. The Morgan fingerprint density at radius 2 is 1.86 bits per heavy atom. The SMILES string of the molecule is CSCCN(C)Cc1ccc2n(c1=O)C[C@H]1C[C@@H]2CN(Cc2cc(C)c(C)o2)C1.O=CO.O=CO. The zero-order valence-corrected chi connectivity index (χ0v) is 21.8. The molecular weight excluding hydrogens is 470 g/mol. The van der Waals surface area contributed by atoms with Gasteiger partial charge in [0.05, 0.1) is 6.54 Å². The van der Waals surface area contributed by atoms with Crippen LogP contribution in [-0.4, -0.2) is 76.2 Å². The molecule has 0 aliphatic carbocycles. The van der Waals surface area contributed by atoms with Crippen molar-refractivity contribution in [1.29, 1.82) is 0 Å². The van der Waals surface area contributed by atoms with Gasteiger partial charge in [-0.2, -0.15) is 11.8 Å². The van der Waals surface area contributed by atoms with Gasteiger partial charge in [-0.15, -0.1) is 0 Å². The molecule has 2 N–H and O–H groups in total. The summed E-state index contributed by atoms with van der Waals surface area (Å²) in [6.45, 7) is 9.13. The number of nitrogens with zero attached hydrogens (tertiary/aromatic N) is 3. The second kappa shape index (κ2) is 14.1. The van der Waals surface area contributed by atoms with Gasteiger partial charge in [-0.1, -0.05) is 6.07 Å². The second-order valence-electron chi connectivity index (χ2n) is 9.09. The predicted octanol–water partition coefficient (Wildman–Crippen LogP) is 2.87. The number of rotatable bonds is 7. The van der Waals surface area contributed by atoms with Crippen molar-refractivity contribution >= 4 is 24.7 Å². The van der Waals surface area contributed by atoms with Gasteiger partial charge in [0.1, 0.15) is 11.5 Å². The maximum atomic E-state index is 13.2. The summed E-state index contributed by atoms with van der Waals surface area (Å²) in [6, 6.07) is 6.45. The van der Waals surface area contributed by atoms with Crippen molar-refractivity contribution < 1.29 is 24.2 Å². The van der Waals surface area contributed by atoms with Gasteiger partial charge in [0.15, 0.2) is 0 Å². The summed E-state index contributed by atoms with van der Waals surface area (Å²) in [4.78, 5) is 34.6.